The summed E-state index contributed by atoms with van der Waals surface area (Å²) in [5.74, 6) is 2.10. The highest BCUT2D eigenvalue weighted by atomic mass is 19.4. The zero-order valence-electron chi connectivity index (χ0n) is 22.2. The molecule has 5 rings (SSSR count). The quantitative estimate of drug-likeness (QED) is 0.398. The van der Waals surface area contributed by atoms with Crippen LogP contribution in [0, 0.1) is 0 Å². The predicted molar refractivity (Wildman–Crippen MR) is 142 cm³/mol. The van der Waals surface area contributed by atoms with E-state index in [1.807, 2.05) is 30.0 Å². The summed E-state index contributed by atoms with van der Waals surface area (Å²) in [5, 5.41) is 0. The van der Waals surface area contributed by atoms with Gasteiger partial charge in [0.05, 0.1) is 31.0 Å². The molecule has 0 N–H and O–H groups in total. The molecule has 7 nitrogen and oxygen atoms in total. The number of halogens is 3. The average Bonchev–Trinajstić information content (AvgIpc) is 3.62. The summed E-state index contributed by atoms with van der Waals surface area (Å²) < 4.78 is 50.3. The van der Waals surface area contributed by atoms with E-state index < -0.39 is 11.7 Å². The number of methoxy groups -OCH3 is 1. The Bertz CT molecular complexity index is 1280. The fourth-order valence-electron chi connectivity index (χ4n) is 5.45. The minimum atomic E-state index is -4.35. The van der Waals surface area contributed by atoms with Crippen LogP contribution in [0.15, 0.2) is 53.1 Å². The van der Waals surface area contributed by atoms with Gasteiger partial charge in [0.2, 0.25) is 5.91 Å². The summed E-state index contributed by atoms with van der Waals surface area (Å²) in [7, 11) is 1.63. The Balaban J connectivity index is 1.18. The molecule has 0 saturated carbocycles. The molecule has 1 aromatic heterocycles. The number of carbonyl (C=O) groups is 1. The molecule has 2 aliphatic rings. The molecule has 2 saturated heterocycles. The molecule has 3 aromatic rings. The number of anilines is 1. The van der Waals surface area contributed by atoms with E-state index in [-0.39, 0.29) is 18.5 Å². The van der Waals surface area contributed by atoms with Crippen LogP contribution in [0.1, 0.15) is 42.8 Å². The van der Waals surface area contributed by atoms with Crippen LogP contribution in [-0.4, -0.2) is 67.1 Å². The Kier molecular flexibility index (Phi) is 7.83. The van der Waals surface area contributed by atoms with Gasteiger partial charge in [-0.05, 0) is 49.2 Å². The van der Waals surface area contributed by atoms with E-state index in [9.17, 15) is 18.0 Å². The van der Waals surface area contributed by atoms with E-state index >= 15 is 0 Å². The van der Waals surface area contributed by atoms with Crippen molar-refractivity contribution in [2.45, 2.75) is 38.4 Å². The number of alkyl halides is 3. The number of benzene rings is 2. The molecule has 2 aromatic carbocycles. The van der Waals surface area contributed by atoms with Crippen LogP contribution in [0.25, 0.3) is 11.3 Å². The lowest BCUT2D eigenvalue weighted by molar-refractivity contribution is -0.137. The van der Waals surface area contributed by atoms with E-state index in [1.54, 1.807) is 25.4 Å². The maximum absolute atomic E-state index is 13.2. The topological polar surface area (TPSA) is 62.1 Å². The summed E-state index contributed by atoms with van der Waals surface area (Å²) in [4.78, 5) is 23.7. The Morgan fingerprint density at radius 2 is 1.82 bits per heavy atom. The largest absolute Gasteiger partial charge is 0.496 e. The van der Waals surface area contributed by atoms with Gasteiger partial charge < -0.3 is 19.0 Å². The lowest BCUT2D eigenvalue weighted by Crippen LogP contribution is -2.51. The van der Waals surface area contributed by atoms with Crippen LogP contribution >= 0.6 is 0 Å². The van der Waals surface area contributed by atoms with Crippen molar-refractivity contribution >= 4 is 11.6 Å². The first-order valence-corrected chi connectivity index (χ1v) is 13.3. The number of piperazine rings is 1. The van der Waals surface area contributed by atoms with E-state index in [0.29, 0.717) is 43.6 Å². The van der Waals surface area contributed by atoms with Gasteiger partial charge in [-0.2, -0.15) is 13.2 Å². The maximum Gasteiger partial charge on any atom is 0.416 e. The fraction of sp³-hybridized carbons (Fsp3) is 0.448. The molecular formula is C29H33F3N4O3. The highest BCUT2D eigenvalue weighted by Gasteiger charge is 2.33. The van der Waals surface area contributed by atoms with Gasteiger partial charge in [0, 0.05) is 50.4 Å². The van der Waals surface area contributed by atoms with Gasteiger partial charge in [0.25, 0.3) is 0 Å². The molecule has 0 aliphatic carbocycles. The van der Waals surface area contributed by atoms with Gasteiger partial charge in [-0.1, -0.05) is 19.1 Å². The third-order valence-electron chi connectivity index (χ3n) is 7.63. The first-order chi connectivity index (χ1) is 18.8. The van der Waals surface area contributed by atoms with Crippen molar-refractivity contribution in [1.29, 1.82) is 0 Å². The zero-order valence-corrected chi connectivity index (χ0v) is 22.2. The third-order valence-corrected chi connectivity index (χ3v) is 7.63. The van der Waals surface area contributed by atoms with E-state index in [2.05, 4.69) is 14.8 Å². The first-order valence-electron chi connectivity index (χ1n) is 13.3. The Labute approximate surface area is 226 Å². The van der Waals surface area contributed by atoms with Crippen LogP contribution in [0.3, 0.4) is 0 Å². The smallest absolute Gasteiger partial charge is 0.416 e. The molecule has 1 amide bonds. The molecule has 1 atom stereocenters. The zero-order chi connectivity index (χ0) is 27.6. The average molecular weight is 543 g/mol. The highest BCUT2D eigenvalue weighted by molar-refractivity contribution is 5.79. The number of oxazole rings is 1. The molecule has 208 valence electrons. The molecule has 3 heterocycles. The minimum Gasteiger partial charge on any atom is -0.496 e. The van der Waals surface area contributed by atoms with Crippen molar-refractivity contribution in [3.05, 3.63) is 65.7 Å². The van der Waals surface area contributed by atoms with E-state index in [4.69, 9.17) is 9.15 Å². The number of ether oxygens (including phenoxy) is 1. The number of hydrogen-bond donors (Lipinski definition) is 0. The van der Waals surface area contributed by atoms with Gasteiger partial charge in [0.15, 0.2) is 11.7 Å². The number of aromatic nitrogens is 1. The summed E-state index contributed by atoms with van der Waals surface area (Å²) in [6.45, 7) is 5.60. The lowest BCUT2D eigenvalue weighted by Gasteiger charge is -2.37. The van der Waals surface area contributed by atoms with Crippen molar-refractivity contribution in [3.63, 3.8) is 0 Å². The molecule has 1 unspecified atom stereocenters. The second-order valence-corrected chi connectivity index (χ2v) is 9.97. The normalized spacial score (nSPS) is 18.5. The van der Waals surface area contributed by atoms with Crippen LogP contribution in [0.2, 0.25) is 0 Å². The SMILES string of the molecule is CCc1ncc(-c2ccc(N3CCN(C(=O)CN4CCCC4c4ccc(C(F)(F)F)cc4)CC3)cc2OC)o1. The van der Waals surface area contributed by atoms with E-state index in [1.165, 1.54) is 0 Å². The van der Waals surface area contributed by atoms with Gasteiger partial charge in [-0.25, -0.2) is 4.98 Å². The number of carbonyl (C=O) groups excluding carboxylic acids is 1. The molecule has 10 heteroatoms. The fourth-order valence-corrected chi connectivity index (χ4v) is 5.45. The first kappa shape index (κ1) is 27.1. The van der Waals surface area contributed by atoms with E-state index in [0.717, 1.165) is 54.8 Å². The molecule has 39 heavy (non-hydrogen) atoms. The number of rotatable bonds is 7. The molecule has 2 aliphatic heterocycles. The lowest BCUT2D eigenvalue weighted by atomic mass is 10.0. The van der Waals surface area contributed by atoms with Crippen molar-refractivity contribution in [2.75, 3.05) is 51.3 Å². The van der Waals surface area contributed by atoms with Gasteiger partial charge in [0.1, 0.15) is 5.75 Å². The van der Waals surface area contributed by atoms with Crippen LogP contribution in [-0.2, 0) is 17.4 Å². The van der Waals surface area contributed by atoms with Crippen molar-refractivity contribution < 1.29 is 27.1 Å². The molecule has 2 fully saturated rings. The Morgan fingerprint density at radius 3 is 2.46 bits per heavy atom. The third kappa shape index (κ3) is 5.90. The van der Waals surface area contributed by atoms with Gasteiger partial charge >= 0.3 is 6.18 Å². The molecule has 0 bridgehead atoms. The number of nitrogens with zero attached hydrogens (tertiary/aromatic N) is 4. The van der Waals surface area contributed by atoms with Crippen molar-refractivity contribution in [3.8, 4) is 17.1 Å². The van der Waals surface area contributed by atoms with Crippen LogP contribution in [0.5, 0.6) is 5.75 Å². The van der Waals surface area contributed by atoms with Crippen molar-refractivity contribution in [2.24, 2.45) is 0 Å². The highest BCUT2D eigenvalue weighted by Crippen LogP contribution is 2.36. The second-order valence-electron chi connectivity index (χ2n) is 9.97. The standard InChI is InChI=1S/C29H33F3N4O3/c1-3-27-33-18-26(39-27)23-11-10-22(17-25(23)38-2)34-13-15-35(16-14-34)28(37)19-36-12-4-5-24(36)20-6-8-21(9-7-20)29(30,31)32/h6-11,17-18,24H,3-5,12-16,19H2,1-2H3. The predicted octanol–water partition coefficient (Wildman–Crippen LogP) is 5.42. The number of aryl methyl sites for hydroxylation is 1. The summed E-state index contributed by atoms with van der Waals surface area (Å²) in [6.07, 6.45) is -0.175. The number of likely N-dealkylation sites (tertiary alicyclic amines) is 1. The number of hydrogen-bond acceptors (Lipinski definition) is 6. The second kappa shape index (κ2) is 11.3. The Morgan fingerprint density at radius 1 is 1.08 bits per heavy atom. The summed E-state index contributed by atoms with van der Waals surface area (Å²) >= 11 is 0. The molecule has 0 radical (unpaired) electrons. The molecular weight excluding hydrogens is 509 g/mol. The monoisotopic (exact) mass is 542 g/mol. The summed E-state index contributed by atoms with van der Waals surface area (Å²) in [6, 6.07) is 11.3. The number of amides is 1. The minimum absolute atomic E-state index is 0.0405. The van der Waals surface area contributed by atoms with Crippen LogP contribution < -0.4 is 9.64 Å². The molecule has 0 spiro atoms. The van der Waals surface area contributed by atoms with Crippen molar-refractivity contribution in [1.82, 2.24) is 14.8 Å². The maximum atomic E-state index is 13.2. The van der Waals surface area contributed by atoms with Crippen LogP contribution in [0.4, 0.5) is 18.9 Å². The Hall–Kier alpha value is -3.53. The summed E-state index contributed by atoms with van der Waals surface area (Å²) in [5.41, 5.74) is 2.03. The van der Waals surface area contributed by atoms with Gasteiger partial charge in [-0.3, -0.25) is 9.69 Å². The van der Waals surface area contributed by atoms with Gasteiger partial charge in [-0.15, -0.1) is 0 Å².